The summed E-state index contributed by atoms with van der Waals surface area (Å²) in [5, 5.41) is 0. The highest BCUT2D eigenvalue weighted by molar-refractivity contribution is 5.97. The first-order valence-electron chi connectivity index (χ1n) is 4.72. The lowest BCUT2D eigenvalue weighted by Crippen LogP contribution is -2.21. The van der Waals surface area contributed by atoms with Crippen molar-refractivity contribution in [2.24, 2.45) is 7.05 Å². The van der Waals surface area contributed by atoms with E-state index in [-0.39, 0.29) is 5.91 Å². The van der Waals surface area contributed by atoms with E-state index in [0.29, 0.717) is 5.56 Å². The van der Waals surface area contributed by atoms with Gasteiger partial charge in [-0.3, -0.25) is 4.79 Å². The van der Waals surface area contributed by atoms with Crippen molar-refractivity contribution in [2.45, 2.75) is 0 Å². The Morgan fingerprint density at radius 2 is 2.13 bits per heavy atom. The van der Waals surface area contributed by atoms with E-state index in [2.05, 4.69) is 4.98 Å². The number of hydrogen-bond donors (Lipinski definition) is 0. The second-order valence-corrected chi connectivity index (χ2v) is 3.76. The van der Waals surface area contributed by atoms with Crippen molar-refractivity contribution >= 4 is 16.9 Å². The average Bonchev–Trinajstić information content (AvgIpc) is 2.59. The zero-order chi connectivity index (χ0) is 11.0. The average molecular weight is 203 g/mol. The minimum absolute atomic E-state index is 0.00236. The number of carbonyl (C=O) groups excluding carboxylic acids is 1. The number of aromatic nitrogens is 2. The van der Waals surface area contributed by atoms with Crippen LogP contribution >= 0.6 is 0 Å². The van der Waals surface area contributed by atoms with Crippen LogP contribution in [-0.4, -0.2) is 34.5 Å². The van der Waals surface area contributed by atoms with Crippen LogP contribution in [0.25, 0.3) is 11.0 Å². The van der Waals surface area contributed by atoms with Crippen molar-refractivity contribution in [1.29, 1.82) is 0 Å². The summed E-state index contributed by atoms with van der Waals surface area (Å²) in [4.78, 5) is 17.5. The summed E-state index contributed by atoms with van der Waals surface area (Å²) in [7, 11) is 5.42. The van der Waals surface area contributed by atoms with Crippen LogP contribution < -0.4 is 0 Å². The molecule has 0 N–H and O–H groups in total. The third kappa shape index (κ3) is 1.58. The summed E-state index contributed by atoms with van der Waals surface area (Å²) < 4.78 is 1.93. The summed E-state index contributed by atoms with van der Waals surface area (Å²) in [6.07, 6.45) is 1.74. The molecule has 0 unspecified atom stereocenters. The van der Waals surface area contributed by atoms with Gasteiger partial charge in [-0.25, -0.2) is 4.98 Å². The van der Waals surface area contributed by atoms with Crippen LogP contribution in [0.15, 0.2) is 24.5 Å². The van der Waals surface area contributed by atoms with E-state index in [9.17, 15) is 4.79 Å². The molecule has 1 aromatic heterocycles. The molecule has 0 aliphatic carbocycles. The van der Waals surface area contributed by atoms with Gasteiger partial charge in [-0.1, -0.05) is 0 Å². The van der Waals surface area contributed by atoms with Gasteiger partial charge < -0.3 is 9.47 Å². The monoisotopic (exact) mass is 203 g/mol. The zero-order valence-corrected chi connectivity index (χ0v) is 9.06. The standard InChI is InChI=1S/C11H13N3O/c1-13(2)11(15)8-4-5-10-9(6-8)12-7-14(10)3/h4-7H,1-3H3. The Kier molecular flexibility index (Phi) is 2.19. The third-order valence-electron chi connectivity index (χ3n) is 2.38. The summed E-state index contributed by atoms with van der Waals surface area (Å²) in [6.45, 7) is 0. The molecule has 0 radical (unpaired) electrons. The number of carbonyl (C=O) groups is 1. The van der Waals surface area contributed by atoms with Crippen molar-refractivity contribution in [2.75, 3.05) is 14.1 Å². The van der Waals surface area contributed by atoms with Gasteiger partial charge in [0.1, 0.15) is 0 Å². The van der Waals surface area contributed by atoms with Crippen LogP contribution in [0.1, 0.15) is 10.4 Å². The molecule has 0 bridgehead atoms. The predicted molar refractivity (Wildman–Crippen MR) is 58.7 cm³/mol. The number of imidazole rings is 1. The molecule has 15 heavy (non-hydrogen) atoms. The molecule has 1 heterocycles. The van der Waals surface area contributed by atoms with Crippen LogP contribution in [-0.2, 0) is 7.05 Å². The van der Waals surface area contributed by atoms with Gasteiger partial charge in [-0.2, -0.15) is 0 Å². The lowest BCUT2D eigenvalue weighted by atomic mass is 10.2. The lowest BCUT2D eigenvalue weighted by molar-refractivity contribution is 0.0828. The van der Waals surface area contributed by atoms with Gasteiger partial charge in [0.25, 0.3) is 5.91 Å². The number of benzene rings is 1. The van der Waals surface area contributed by atoms with Gasteiger partial charge in [0.2, 0.25) is 0 Å². The molecule has 78 valence electrons. The fraction of sp³-hybridized carbons (Fsp3) is 0.273. The Labute approximate surface area is 88.1 Å². The first-order valence-corrected chi connectivity index (χ1v) is 4.72. The number of hydrogen-bond acceptors (Lipinski definition) is 2. The van der Waals surface area contributed by atoms with Crippen molar-refractivity contribution < 1.29 is 4.79 Å². The Hall–Kier alpha value is -1.84. The van der Waals surface area contributed by atoms with Gasteiger partial charge in [-0.05, 0) is 18.2 Å². The summed E-state index contributed by atoms with van der Waals surface area (Å²) in [5.41, 5.74) is 2.56. The molecule has 0 aliphatic rings. The van der Waals surface area contributed by atoms with E-state index in [0.717, 1.165) is 11.0 Å². The molecule has 1 aromatic carbocycles. The highest BCUT2D eigenvalue weighted by atomic mass is 16.2. The summed E-state index contributed by atoms with van der Waals surface area (Å²) in [6, 6.07) is 5.56. The van der Waals surface area contributed by atoms with E-state index in [4.69, 9.17) is 0 Å². The molecule has 4 heteroatoms. The summed E-state index contributed by atoms with van der Waals surface area (Å²) >= 11 is 0. The van der Waals surface area contributed by atoms with E-state index in [1.807, 2.05) is 29.8 Å². The first-order chi connectivity index (χ1) is 7.09. The Bertz CT molecular complexity index is 514. The maximum atomic E-state index is 11.7. The molecule has 2 aromatic rings. The molecule has 4 nitrogen and oxygen atoms in total. The van der Waals surface area contributed by atoms with Crippen LogP contribution in [0.5, 0.6) is 0 Å². The van der Waals surface area contributed by atoms with Crippen molar-refractivity contribution in [1.82, 2.24) is 14.5 Å². The molecular weight excluding hydrogens is 190 g/mol. The van der Waals surface area contributed by atoms with Gasteiger partial charge in [-0.15, -0.1) is 0 Å². The highest BCUT2D eigenvalue weighted by Crippen LogP contribution is 2.14. The molecule has 0 saturated carbocycles. The van der Waals surface area contributed by atoms with E-state index < -0.39 is 0 Å². The molecular formula is C11H13N3O. The Balaban J connectivity index is 2.52. The Morgan fingerprint density at radius 1 is 1.40 bits per heavy atom. The topological polar surface area (TPSA) is 38.1 Å². The van der Waals surface area contributed by atoms with E-state index in [1.54, 1.807) is 25.3 Å². The smallest absolute Gasteiger partial charge is 0.253 e. The molecule has 2 rings (SSSR count). The first kappa shape index (κ1) is 9.71. The number of nitrogens with zero attached hydrogens (tertiary/aromatic N) is 3. The fourth-order valence-electron chi connectivity index (χ4n) is 1.53. The largest absolute Gasteiger partial charge is 0.345 e. The quantitative estimate of drug-likeness (QED) is 0.700. The molecule has 0 aliphatic heterocycles. The minimum atomic E-state index is 0.00236. The van der Waals surface area contributed by atoms with Gasteiger partial charge >= 0.3 is 0 Å². The number of aryl methyl sites for hydroxylation is 1. The van der Waals surface area contributed by atoms with Gasteiger partial charge in [0.15, 0.2) is 0 Å². The van der Waals surface area contributed by atoms with Gasteiger partial charge in [0, 0.05) is 26.7 Å². The fourth-order valence-corrected chi connectivity index (χ4v) is 1.53. The molecule has 1 amide bonds. The SMILES string of the molecule is CN(C)C(=O)c1ccc2c(c1)ncn2C. The second-order valence-electron chi connectivity index (χ2n) is 3.76. The van der Waals surface area contributed by atoms with E-state index >= 15 is 0 Å². The molecule has 0 fully saturated rings. The normalized spacial score (nSPS) is 10.6. The predicted octanol–water partition coefficient (Wildman–Crippen LogP) is 1.28. The van der Waals surface area contributed by atoms with Crippen molar-refractivity contribution in [3.05, 3.63) is 30.1 Å². The maximum Gasteiger partial charge on any atom is 0.253 e. The molecule has 0 atom stereocenters. The van der Waals surface area contributed by atoms with Crippen LogP contribution in [0.4, 0.5) is 0 Å². The maximum absolute atomic E-state index is 11.7. The number of rotatable bonds is 1. The number of fused-ring (bicyclic) bond motifs is 1. The van der Waals surface area contributed by atoms with Crippen LogP contribution in [0, 0.1) is 0 Å². The summed E-state index contributed by atoms with van der Waals surface area (Å²) in [5.74, 6) is 0.00236. The minimum Gasteiger partial charge on any atom is -0.345 e. The highest BCUT2D eigenvalue weighted by Gasteiger charge is 2.09. The van der Waals surface area contributed by atoms with Gasteiger partial charge in [0.05, 0.1) is 17.4 Å². The second kappa shape index (κ2) is 3.38. The lowest BCUT2D eigenvalue weighted by Gasteiger charge is -2.09. The zero-order valence-electron chi connectivity index (χ0n) is 9.06. The molecule has 0 saturated heterocycles. The third-order valence-corrected chi connectivity index (χ3v) is 2.38. The number of amides is 1. The van der Waals surface area contributed by atoms with Crippen molar-refractivity contribution in [3.63, 3.8) is 0 Å². The van der Waals surface area contributed by atoms with Crippen LogP contribution in [0.3, 0.4) is 0 Å². The van der Waals surface area contributed by atoms with Crippen molar-refractivity contribution in [3.8, 4) is 0 Å². The molecule has 0 spiro atoms. The van der Waals surface area contributed by atoms with E-state index in [1.165, 1.54) is 0 Å². The Morgan fingerprint density at radius 3 is 2.80 bits per heavy atom. The van der Waals surface area contributed by atoms with Crippen LogP contribution in [0.2, 0.25) is 0 Å².